The summed E-state index contributed by atoms with van der Waals surface area (Å²) in [5.74, 6) is 0.949. The van der Waals surface area contributed by atoms with Crippen LogP contribution in [0.25, 0.3) is 0 Å². The second-order valence-corrected chi connectivity index (χ2v) is 5.40. The van der Waals surface area contributed by atoms with Gasteiger partial charge in [0.2, 0.25) is 0 Å². The number of benzene rings is 1. The van der Waals surface area contributed by atoms with Gasteiger partial charge in [-0.05, 0) is 40.4 Å². The lowest BCUT2D eigenvalue weighted by Crippen LogP contribution is -2.11. The van der Waals surface area contributed by atoms with Gasteiger partial charge < -0.3 is 10.8 Å². The quantitative estimate of drug-likeness (QED) is 0.880. The van der Waals surface area contributed by atoms with Crippen molar-refractivity contribution < 1.29 is 5.11 Å². The lowest BCUT2D eigenvalue weighted by atomic mass is 10.0. The maximum atomic E-state index is 9.84. The van der Waals surface area contributed by atoms with E-state index in [0.29, 0.717) is 9.50 Å². The molecular formula is C11H14BrCl2NO. The van der Waals surface area contributed by atoms with E-state index < -0.39 is 0 Å². The molecule has 1 fully saturated rings. The molecule has 5 heteroatoms. The summed E-state index contributed by atoms with van der Waals surface area (Å²) in [6, 6.07) is 3.30. The zero-order valence-corrected chi connectivity index (χ0v) is 11.8. The average Bonchev–Trinajstić information content (AvgIpc) is 2.94. The molecule has 16 heavy (non-hydrogen) atoms. The first-order valence-electron chi connectivity index (χ1n) is 5.01. The molecule has 90 valence electrons. The molecule has 0 radical (unpaired) electrons. The van der Waals surface area contributed by atoms with Gasteiger partial charge in [0.25, 0.3) is 0 Å². The minimum atomic E-state index is -0.118. The first kappa shape index (κ1) is 14.1. The molecule has 0 aliphatic heterocycles. The van der Waals surface area contributed by atoms with E-state index >= 15 is 0 Å². The van der Waals surface area contributed by atoms with Gasteiger partial charge >= 0.3 is 0 Å². The van der Waals surface area contributed by atoms with E-state index in [0.717, 1.165) is 17.9 Å². The van der Waals surface area contributed by atoms with Crippen molar-refractivity contribution in [1.29, 1.82) is 0 Å². The molecule has 0 bridgehead atoms. The Kier molecular flexibility index (Phi) is 4.92. The van der Waals surface area contributed by atoms with Crippen LogP contribution in [0.3, 0.4) is 0 Å². The van der Waals surface area contributed by atoms with Crippen LogP contribution in [-0.2, 0) is 0 Å². The van der Waals surface area contributed by atoms with Gasteiger partial charge in [-0.25, -0.2) is 0 Å². The molecule has 2 nitrogen and oxygen atoms in total. The summed E-state index contributed by atoms with van der Waals surface area (Å²) in [6.07, 6.45) is 3.45. The van der Waals surface area contributed by atoms with Crippen LogP contribution < -0.4 is 5.73 Å². The van der Waals surface area contributed by atoms with Crippen LogP contribution in [0.1, 0.15) is 30.9 Å². The number of aromatic hydroxyl groups is 1. The fourth-order valence-electron chi connectivity index (χ4n) is 1.71. The van der Waals surface area contributed by atoms with Gasteiger partial charge in [-0.2, -0.15) is 0 Å². The zero-order valence-electron chi connectivity index (χ0n) is 8.62. The molecule has 1 aliphatic rings. The summed E-state index contributed by atoms with van der Waals surface area (Å²) in [6.45, 7) is 0. The summed E-state index contributed by atoms with van der Waals surface area (Å²) in [5, 5.41) is 10.4. The van der Waals surface area contributed by atoms with Gasteiger partial charge in [0.15, 0.2) is 0 Å². The smallest absolute Gasteiger partial charge is 0.134 e. The number of hydrogen-bond donors (Lipinski definition) is 2. The van der Waals surface area contributed by atoms with Crippen molar-refractivity contribution in [3.05, 3.63) is 27.2 Å². The Balaban J connectivity index is 0.00000128. The van der Waals surface area contributed by atoms with Crippen molar-refractivity contribution in [2.75, 3.05) is 0 Å². The topological polar surface area (TPSA) is 46.2 Å². The van der Waals surface area contributed by atoms with Crippen LogP contribution in [0.5, 0.6) is 5.75 Å². The lowest BCUT2D eigenvalue weighted by Gasteiger charge is -2.14. The first-order valence-corrected chi connectivity index (χ1v) is 6.18. The number of rotatable bonds is 3. The lowest BCUT2D eigenvalue weighted by molar-refractivity contribution is 0.452. The third-order valence-corrected chi connectivity index (χ3v) is 3.56. The summed E-state index contributed by atoms with van der Waals surface area (Å²) >= 11 is 9.18. The highest BCUT2D eigenvalue weighted by molar-refractivity contribution is 9.10. The Hall–Kier alpha value is 0.0400. The molecule has 0 unspecified atom stereocenters. The number of phenolic OH excluding ortho intramolecular Hbond substituents is 1. The van der Waals surface area contributed by atoms with Crippen LogP contribution >= 0.6 is 39.9 Å². The fourth-order valence-corrected chi connectivity index (χ4v) is 2.54. The zero-order chi connectivity index (χ0) is 11.0. The summed E-state index contributed by atoms with van der Waals surface area (Å²) < 4.78 is 0.608. The van der Waals surface area contributed by atoms with Gasteiger partial charge in [0, 0.05) is 16.6 Å². The Labute approximate surface area is 115 Å². The molecule has 0 amide bonds. The van der Waals surface area contributed by atoms with E-state index in [4.69, 9.17) is 17.3 Å². The van der Waals surface area contributed by atoms with Crippen molar-refractivity contribution in [3.63, 3.8) is 0 Å². The van der Waals surface area contributed by atoms with Crippen LogP contribution in [0.15, 0.2) is 16.6 Å². The van der Waals surface area contributed by atoms with E-state index in [2.05, 4.69) is 15.9 Å². The second kappa shape index (κ2) is 5.58. The summed E-state index contributed by atoms with van der Waals surface area (Å²) in [7, 11) is 0. The standard InChI is InChI=1S/C11H13BrClNO.ClH/c12-9-5-7(13)4-8(11(9)15)10(14)3-6-1-2-6;/h4-6,10,15H,1-3,14H2;1H/t10-;/m0./s1. The van der Waals surface area contributed by atoms with E-state index in [9.17, 15) is 5.11 Å². The number of hydrogen-bond acceptors (Lipinski definition) is 2. The molecule has 0 heterocycles. The molecule has 1 atom stereocenters. The van der Waals surface area contributed by atoms with Crippen LogP contribution in [-0.4, -0.2) is 5.11 Å². The monoisotopic (exact) mass is 325 g/mol. The van der Waals surface area contributed by atoms with Crippen molar-refractivity contribution in [3.8, 4) is 5.75 Å². The maximum Gasteiger partial charge on any atom is 0.134 e. The third-order valence-electron chi connectivity index (χ3n) is 2.74. The number of halogens is 3. The van der Waals surface area contributed by atoms with Gasteiger partial charge in [-0.3, -0.25) is 0 Å². The molecule has 1 saturated carbocycles. The highest BCUT2D eigenvalue weighted by atomic mass is 79.9. The average molecular weight is 327 g/mol. The van der Waals surface area contributed by atoms with Crippen LogP contribution in [0, 0.1) is 5.92 Å². The van der Waals surface area contributed by atoms with E-state index in [1.165, 1.54) is 12.8 Å². The summed E-state index contributed by atoms with van der Waals surface area (Å²) in [5.41, 5.74) is 6.77. The third kappa shape index (κ3) is 3.27. The predicted octanol–water partition coefficient (Wildman–Crippen LogP) is 4.03. The number of phenols is 1. The van der Waals surface area contributed by atoms with E-state index in [1.807, 2.05) is 0 Å². The first-order chi connectivity index (χ1) is 7.08. The SMILES string of the molecule is Cl.N[C@@H](CC1CC1)c1cc(Cl)cc(Br)c1O. The minimum Gasteiger partial charge on any atom is -0.506 e. The van der Waals surface area contributed by atoms with Gasteiger partial charge in [-0.15, -0.1) is 12.4 Å². The van der Waals surface area contributed by atoms with Crippen molar-refractivity contribution in [2.45, 2.75) is 25.3 Å². The van der Waals surface area contributed by atoms with E-state index in [-0.39, 0.29) is 24.2 Å². The molecule has 0 aromatic heterocycles. The summed E-state index contributed by atoms with van der Waals surface area (Å²) in [4.78, 5) is 0. The Morgan fingerprint density at radius 1 is 1.50 bits per heavy atom. The molecule has 3 N–H and O–H groups in total. The number of nitrogens with two attached hydrogens (primary N) is 1. The minimum absolute atomic E-state index is 0. The highest BCUT2D eigenvalue weighted by Crippen LogP contribution is 2.41. The molecule has 1 aromatic rings. The highest BCUT2D eigenvalue weighted by Gasteiger charge is 2.26. The molecule has 1 aliphatic carbocycles. The molecular weight excluding hydrogens is 313 g/mol. The van der Waals surface area contributed by atoms with Crippen LogP contribution in [0.4, 0.5) is 0 Å². The van der Waals surface area contributed by atoms with Crippen molar-refractivity contribution in [2.24, 2.45) is 11.7 Å². The maximum absolute atomic E-state index is 9.84. The largest absolute Gasteiger partial charge is 0.506 e. The van der Waals surface area contributed by atoms with E-state index in [1.54, 1.807) is 12.1 Å². The fraction of sp³-hybridized carbons (Fsp3) is 0.455. The Morgan fingerprint density at radius 3 is 2.69 bits per heavy atom. The molecule has 1 aromatic carbocycles. The van der Waals surface area contributed by atoms with Gasteiger partial charge in [0.1, 0.15) is 5.75 Å². The predicted molar refractivity (Wildman–Crippen MR) is 72.3 cm³/mol. The Morgan fingerprint density at radius 2 is 2.12 bits per heavy atom. The molecule has 0 saturated heterocycles. The van der Waals surface area contributed by atoms with Gasteiger partial charge in [-0.1, -0.05) is 24.4 Å². The Bertz CT molecular complexity index is 382. The normalized spacial score (nSPS) is 16.7. The van der Waals surface area contributed by atoms with Crippen molar-refractivity contribution >= 4 is 39.9 Å². The molecule has 0 spiro atoms. The van der Waals surface area contributed by atoms with Gasteiger partial charge in [0.05, 0.1) is 4.47 Å². The second-order valence-electron chi connectivity index (χ2n) is 4.11. The van der Waals surface area contributed by atoms with Crippen molar-refractivity contribution in [1.82, 2.24) is 0 Å². The molecule has 2 rings (SSSR count). The van der Waals surface area contributed by atoms with Crippen LogP contribution in [0.2, 0.25) is 5.02 Å².